The van der Waals surface area contributed by atoms with Gasteiger partial charge in [0.05, 0.1) is 17.3 Å². The first-order chi connectivity index (χ1) is 7.58. The number of benzene rings is 1. The molecule has 1 aromatic heterocycles. The van der Waals surface area contributed by atoms with Gasteiger partial charge in [0.15, 0.2) is 5.89 Å². The molecule has 2 N–H and O–H groups in total. The van der Waals surface area contributed by atoms with Gasteiger partial charge in [-0.05, 0) is 17.7 Å². The second-order valence-corrected chi connectivity index (χ2v) is 3.84. The maximum Gasteiger partial charge on any atom is 0.191 e. The normalized spacial score (nSPS) is 12.8. The number of hydrogen-bond donors (Lipinski definition) is 1. The number of nitrogens with zero attached hydrogens (tertiary/aromatic N) is 1. The van der Waals surface area contributed by atoms with E-state index in [9.17, 15) is 4.39 Å². The molecule has 0 radical (unpaired) electrons. The number of aromatic nitrogens is 1. The van der Waals surface area contributed by atoms with Crippen molar-refractivity contribution in [2.24, 2.45) is 5.73 Å². The van der Waals surface area contributed by atoms with E-state index in [2.05, 4.69) is 4.98 Å². The van der Waals surface area contributed by atoms with Gasteiger partial charge in [-0.3, -0.25) is 0 Å². The molecule has 1 heterocycles. The number of hydrogen-bond acceptors (Lipinski definition) is 3. The molecule has 0 saturated carbocycles. The third-order valence-corrected chi connectivity index (χ3v) is 2.55. The molecule has 1 atom stereocenters. The Morgan fingerprint density at radius 1 is 1.50 bits per heavy atom. The van der Waals surface area contributed by atoms with E-state index in [0.717, 1.165) is 0 Å². The predicted octanol–water partition coefficient (Wildman–Crippen LogP) is 2.82. The highest BCUT2D eigenvalue weighted by Gasteiger charge is 2.14. The summed E-state index contributed by atoms with van der Waals surface area (Å²) in [4.78, 5) is 3.94. The van der Waals surface area contributed by atoms with Crippen molar-refractivity contribution in [3.63, 3.8) is 0 Å². The Morgan fingerprint density at radius 3 is 2.81 bits per heavy atom. The summed E-state index contributed by atoms with van der Waals surface area (Å²) < 4.78 is 18.5. The number of aryl methyl sites for hydroxylation is 1. The Balaban J connectivity index is 2.33. The van der Waals surface area contributed by atoms with Crippen molar-refractivity contribution in [2.45, 2.75) is 13.0 Å². The zero-order valence-corrected chi connectivity index (χ0v) is 9.33. The fourth-order valence-corrected chi connectivity index (χ4v) is 1.51. The lowest BCUT2D eigenvalue weighted by Gasteiger charge is -2.08. The lowest BCUT2D eigenvalue weighted by molar-refractivity contribution is 0.458. The van der Waals surface area contributed by atoms with Crippen LogP contribution in [0.25, 0.3) is 0 Å². The summed E-state index contributed by atoms with van der Waals surface area (Å²) in [6, 6.07) is 3.89. The first-order valence-electron chi connectivity index (χ1n) is 4.71. The van der Waals surface area contributed by atoms with Crippen LogP contribution in [0, 0.1) is 12.7 Å². The van der Waals surface area contributed by atoms with E-state index in [1.54, 1.807) is 13.0 Å². The number of halogens is 2. The lowest BCUT2D eigenvalue weighted by atomic mass is 10.1. The van der Waals surface area contributed by atoms with E-state index in [4.69, 9.17) is 21.8 Å². The summed E-state index contributed by atoms with van der Waals surface area (Å²) in [6.07, 6.45) is 1.53. The van der Waals surface area contributed by atoms with Crippen LogP contribution in [0.15, 0.2) is 28.8 Å². The highest BCUT2D eigenvalue weighted by molar-refractivity contribution is 6.30. The molecule has 5 heteroatoms. The van der Waals surface area contributed by atoms with E-state index >= 15 is 0 Å². The summed E-state index contributed by atoms with van der Waals surface area (Å²) in [5.41, 5.74) is 6.50. The molecule has 0 bridgehead atoms. The highest BCUT2D eigenvalue weighted by atomic mass is 35.5. The van der Waals surface area contributed by atoms with E-state index < -0.39 is 11.9 Å². The van der Waals surface area contributed by atoms with Gasteiger partial charge in [-0.15, -0.1) is 0 Å². The summed E-state index contributed by atoms with van der Waals surface area (Å²) in [5.74, 6) is 0.532. The average Bonchev–Trinajstić information content (AvgIpc) is 2.68. The van der Waals surface area contributed by atoms with E-state index in [-0.39, 0.29) is 5.02 Å². The van der Waals surface area contributed by atoms with Gasteiger partial charge in [0.25, 0.3) is 0 Å². The van der Waals surface area contributed by atoms with Crippen molar-refractivity contribution in [3.8, 4) is 0 Å². The van der Waals surface area contributed by atoms with Gasteiger partial charge in [0.1, 0.15) is 11.6 Å². The molecule has 2 aromatic rings. The van der Waals surface area contributed by atoms with Gasteiger partial charge >= 0.3 is 0 Å². The summed E-state index contributed by atoms with van der Waals surface area (Å²) in [6.45, 7) is 1.72. The van der Waals surface area contributed by atoms with Gasteiger partial charge in [-0.2, -0.15) is 0 Å². The van der Waals surface area contributed by atoms with Crippen LogP contribution >= 0.6 is 11.6 Å². The second-order valence-electron chi connectivity index (χ2n) is 3.43. The summed E-state index contributed by atoms with van der Waals surface area (Å²) >= 11 is 5.58. The second kappa shape index (κ2) is 4.23. The molecule has 1 aromatic carbocycles. The van der Waals surface area contributed by atoms with Gasteiger partial charge in [0, 0.05) is 6.92 Å². The Bertz CT molecular complexity index is 512. The molecule has 1 unspecified atom stereocenters. The number of rotatable bonds is 2. The minimum Gasteiger partial charge on any atom is -0.444 e. The minimum atomic E-state index is -0.534. The van der Waals surface area contributed by atoms with Crippen LogP contribution in [-0.4, -0.2) is 4.98 Å². The molecule has 0 spiro atoms. The maximum absolute atomic E-state index is 13.2. The van der Waals surface area contributed by atoms with Crippen LogP contribution in [0.3, 0.4) is 0 Å². The van der Waals surface area contributed by atoms with Crippen molar-refractivity contribution in [1.82, 2.24) is 4.98 Å². The predicted molar refractivity (Wildman–Crippen MR) is 58.7 cm³/mol. The molecule has 84 valence electrons. The number of nitrogens with two attached hydrogens (primary N) is 1. The van der Waals surface area contributed by atoms with Gasteiger partial charge < -0.3 is 10.2 Å². The molecule has 0 saturated heterocycles. The quantitative estimate of drug-likeness (QED) is 0.878. The van der Waals surface area contributed by atoms with Crippen LogP contribution in [0.4, 0.5) is 4.39 Å². The van der Waals surface area contributed by atoms with E-state index in [0.29, 0.717) is 17.2 Å². The van der Waals surface area contributed by atoms with Crippen LogP contribution < -0.4 is 5.73 Å². The fraction of sp³-hybridized carbons (Fsp3) is 0.182. The van der Waals surface area contributed by atoms with Gasteiger partial charge in [-0.1, -0.05) is 17.7 Å². The zero-order chi connectivity index (χ0) is 11.7. The topological polar surface area (TPSA) is 52.0 Å². The largest absolute Gasteiger partial charge is 0.444 e. The van der Waals surface area contributed by atoms with E-state index in [1.807, 2.05) is 0 Å². The standard InChI is InChI=1S/C11H10ClFN2O/c1-6-15-5-10(16-6)11(14)7-2-3-8(12)9(13)4-7/h2-5,11H,14H2,1H3. The van der Waals surface area contributed by atoms with Crippen LogP contribution in [0.2, 0.25) is 5.02 Å². The first-order valence-corrected chi connectivity index (χ1v) is 5.08. The van der Waals surface area contributed by atoms with Crippen molar-refractivity contribution in [3.05, 3.63) is 52.5 Å². The molecule has 0 amide bonds. The summed E-state index contributed by atoms with van der Waals surface area (Å²) in [5, 5.41) is 0.0738. The third kappa shape index (κ3) is 2.08. The van der Waals surface area contributed by atoms with Crippen molar-refractivity contribution < 1.29 is 8.81 Å². The van der Waals surface area contributed by atoms with Crippen molar-refractivity contribution in [2.75, 3.05) is 0 Å². The number of oxazole rings is 1. The Morgan fingerprint density at radius 2 is 2.25 bits per heavy atom. The Kier molecular flexibility index (Phi) is 2.94. The highest BCUT2D eigenvalue weighted by Crippen LogP contribution is 2.23. The molecular formula is C11H10ClFN2O. The van der Waals surface area contributed by atoms with Crippen molar-refractivity contribution in [1.29, 1.82) is 0 Å². The molecule has 2 rings (SSSR count). The molecular weight excluding hydrogens is 231 g/mol. The monoisotopic (exact) mass is 240 g/mol. The average molecular weight is 241 g/mol. The molecule has 0 aliphatic heterocycles. The lowest BCUT2D eigenvalue weighted by Crippen LogP contribution is -2.11. The Labute approximate surface area is 97.0 Å². The fourth-order valence-electron chi connectivity index (χ4n) is 1.39. The zero-order valence-electron chi connectivity index (χ0n) is 8.58. The minimum absolute atomic E-state index is 0.0738. The first kappa shape index (κ1) is 11.1. The van der Waals surface area contributed by atoms with Gasteiger partial charge in [-0.25, -0.2) is 9.37 Å². The maximum atomic E-state index is 13.2. The third-order valence-electron chi connectivity index (χ3n) is 2.25. The molecule has 3 nitrogen and oxygen atoms in total. The summed E-state index contributed by atoms with van der Waals surface area (Å²) in [7, 11) is 0. The van der Waals surface area contributed by atoms with Gasteiger partial charge in [0.2, 0.25) is 0 Å². The molecule has 16 heavy (non-hydrogen) atoms. The van der Waals surface area contributed by atoms with Crippen LogP contribution in [0.1, 0.15) is 23.3 Å². The van der Waals surface area contributed by atoms with Crippen LogP contribution in [0.5, 0.6) is 0 Å². The smallest absolute Gasteiger partial charge is 0.191 e. The van der Waals surface area contributed by atoms with Crippen molar-refractivity contribution >= 4 is 11.6 Å². The molecule has 0 aliphatic rings. The molecule has 0 aliphatic carbocycles. The van der Waals surface area contributed by atoms with E-state index in [1.165, 1.54) is 18.3 Å². The molecule has 0 fully saturated rings. The SMILES string of the molecule is Cc1ncc(C(N)c2ccc(Cl)c(F)c2)o1. The van der Waals surface area contributed by atoms with Crippen LogP contribution in [-0.2, 0) is 0 Å². The Hall–Kier alpha value is -1.39.